The molecule has 0 radical (unpaired) electrons. The summed E-state index contributed by atoms with van der Waals surface area (Å²) in [4.78, 5) is 18.2. The minimum Gasteiger partial charge on any atom is -0.373 e. The van der Waals surface area contributed by atoms with E-state index in [0.717, 1.165) is 19.4 Å². The number of halogens is 1. The second-order valence-electron chi connectivity index (χ2n) is 4.04. The number of hydrogen-bond donors (Lipinski definition) is 1. The maximum Gasteiger partial charge on any atom is 0.255 e. The predicted octanol–water partition coefficient (Wildman–Crippen LogP) is 3.04. The van der Waals surface area contributed by atoms with Crippen molar-refractivity contribution < 1.29 is 4.79 Å². The Balaban J connectivity index is 2.93. The van der Waals surface area contributed by atoms with Crippen molar-refractivity contribution in [3.63, 3.8) is 0 Å². The van der Waals surface area contributed by atoms with E-state index in [-0.39, 0.29) is 5.91 Å². The third-order valence-electron chi connectivity index (χ3n) is 2.79. The van der Waals surface area contributed by atoms with Crippen molar-refractivity contribution in [1.29, 1.82) is 0 Å². The number of aromatic nitrogens is 1. The summed E-state index contributed by atoms with van der Waals surface area (Å²) < 4.78 is 0. The largest absolute Gasteiger partial charge is 0.373 e. The first-order chi connectivity index (χ1) is 8.63. The van der Waals surface area contributed by atoms with E-state index < -0.39 is 0 Å². The smallest absolute Gasteiger partial charge is 0.255 e. The van der Waals surface area contributed by atoms with Crippen molar-refractivity contribution in [2.24, 2.45) is 0 Å². The third kappa shape index (κ3) is 3.60. The van der Waals surface area contributed by atoms with Crippen molar-refractivity contribution in [3.05, 3.63) is 22.8 Å². The van der Waals surface area contributed by atoms with E-state index in [9.17, 15) is 4.79 Å². The Bertz CT molecular complexity index is 409. The molecule has 1 rings (SSSR count). The zero-order chi connectivity index (χ0) is 13.5. The molecule has 0 fully saturated rings. The standard InChI is InChI=1S/C13H20ClN3O/c1-4-6-7-17(5-2)13(18)10-8-12(15-3)16-9-11(10)14/h8-9H,4-7H2,1-3H3,(H,15,16). The number of anilines is 1. The van der Waals surface area contributed by atoms with Crippen molar-refractivity contribution in [2.45, 2.75) is 26.7 Å². The molecule has 1 aromatic heterocycles. The zero-order valence-corrected chi connectivity index (χ0v) is 11.9. The molecule has 0 bridgehead atoms. The summed E-state index contributed by atoms with van der Waals surface area (Å²) in [6.07, 6.45) is 3.57. The van der Waals surface area contributed by atoms with E-state index in [4.69, 9.17) is 11.6 Å². The van der Waals surface area contributed by atoms with Crippen LogP contribution in [0.25, 0.3) is 0 Å². The molecule has 1 aromatic rings. The van der Waals surface area contributed by atoms with Gasteiger partial charge in [0.25, 0.3) is 5.91 Å². The summed E-state index contributed by atoms with van der Waals surface area (Å²) in [6.45, 7) is 5.53. The lowest BCUT2D eigenvalue weighted by Crippen LogP contribution is -2.32. The molecule has 0 spiro atoms. The summed E-state index contributed by atoms with van der Waals surface area (Å²) in [5.74, 6) is 0.615. The van der Waals surface area contributed by atoms with Gasteiger partial charge in [-0.15, -0.1) is 0 Å². The van der Waals surface area contributed by atoms with Crippen LogP contribution in [-0.2, 0) is 0 Å². The van der Waals surface area contributed by atoms with Crippen LogP contribution in [0.4, 0.5) is 5.82 Å². The van der Waals surface area contributed by atoms with Crippen molar-refractivity contribution in [2.75, 3.05) is 25.5 Å². The van der Waals surface area contributed by atoms with Crippen LogP contribution in [0.1, 0.15) is 37.0 Å². The molecular formula is C13H20ClN3O. The monoisotopic (exact) mass is 269 g/mol. The second kappa shape index (κ2) is 7.21. The molecule has 0 aliphatic carbocycles. The number of nitrogens with one attached hydrogen (secondary N) is 1. The molecule has 18 heavy (non-hydrogen) atoms. The fraction of sp³-hybridized carbons (Fsp3) is 0.538. The van der Waals surface area contributed by atoms with Gasteiger partial charge in [0.15, 0.2) is 0 Å². The minimum absolute atomic E-state index is 0.0325. The van der Waals surface area contributed by atoms with Gasteiger partial charge in [0.1, 0.15) is 5.82 Å². The number of carbonyl (C=O) groups excluding carboxylic acids is 1. The van der Waals surface area contributed by atoms with Crippen molar-refractivity contribution in [1.82, 2.24) is 9.88 Å². The Labute approximate surface area is 113 Å². The number of hydrogen-bond acceptors (Lipinski definition) is 3. The third-order valence-corrected chi connectivity index (χ3v) is 3.09. The molecule has 1 amide bonds. The number of unbranched alkanes of at least 4 members (excludes halogenated alkanes) is 1. The predicted molar refractivity (Wildman–Crippen MR) is 75.3 cm³/mol. The summed E-state index contributed by atoms with van der Waals surface area (Å²) >= 11 is 6.05. The maximum atomic E-state index is 12.4. The summed E-state index contributed by atoms with van der Waals surface area (Å²) in [5.41, 5.74) is 0.508. The van der Waals surface area contributed by atoms with Crippen molar-refractivity contribution in [3.8, 4) is 0 Å². The normalized spacial score (nSPS) is 10.2. The highest BCUT2D eigenvalue weighted by Crippen LogP contribution is 2.19. The van der Waals surface area contributed by atoms with E-state index in [1.807, 2.05) is 11.8 Å². The molecule has 0 saturated heterocycles. The lowest BCUT2D eigenvalue weighted by atomic mass is 10.2. The highest BCUT2D eigenvalue weighted by molar-refractivity contribution is 6.33. The average molecular weight is 270 g/mol. The van der Waals surface area contributed by atoms with Crippen LogP contribution in [0.5, 0.6) is 0 Å². The maximum absolute atomic E-state index is 12.4. The van der Waals surface area contributed by atoms with Gasteiger partial charge >= 0.3 is 0 Å². The molecule has 0 unspecified atom stereocenters. The lowest BCUT2D eigenvalue weighted by molar-refractivity contribution is 0.0762. The van der Waals surface area contributed by atoms with Gasteiger partial charge in [-0.25, -0.2) is 4.98 Å². The van der Waals surface area contributed by atoms with Crippen LogP contribution in [0.3, 0.4) is 0 Å². The van der Waals surface area contributed by atoms with Gasteiger partial charge in [0, 0.05) is 26.3 Å². The Morgan fingerprint density at radius 3 is 2.78 bits per heavy atom. The van der Waals surface area contributed by atoms with Gasteiger partial charge in [-0.3, -0.25) is 4.79 Å². The number of pyridine rings is 1. The van der Waals surface area contributed by atoms with Gasteiger partial charge in [-0.1, -0.05) is 24.9 Å². The number of carbonyl (C=O) groups is 1. The van der Waals surface area contributed by atoms with E-state index in [2.05, 4.69) is 17.2 Å². The van der Waals surface area contributed by atoms with E-state index in [1.165, 1.54) is 6.20 Å². The summed E-state index contributed by atoms with van der Waals surface area (Å²) in [5, 5.41) is 3.31. The highest BCUT2D eigenvalue weighted by atomic mass is 35.5. The molecule has 4 nitrogen and oxygen atoms in total. The zero-order valence-electron chi connectivity index (χ0n) is 11.2. The fourth-order valence-corrected chi connectivity index (χ4v) is 1.85. The molecule has 0 aromatic carbocycles. The Kier molecular flexibility index (Phi) is 5.92. The van der Waals surface area contributed by atoms with Gasteiger partial charge < -0.3 is 10.2 Å². The Morgan fingerprint density at radius 2 is 2.22 bits per heavy atom. The Hall–Kier alpha value is -1.29. The first-order valence-electron chi connectivity index (χ1n) is 6.26. The lowest BCUT2D eigenvalue weighted by Gasteiger charge is -2.21. The SMILES string of the molecule is CCCCN(CC)C(=O)c1cc(NC)ncc1Cl. The van der Waals surface area contributed by atoms with Crippen LogP contribution < -0.4 is 5.32 Å². The van der Waals surface area contributed by atoms with Crippen LogP contribution in [0.2, 0.25) is 5.02 Å². The van der Waals surface area contributed by atoms with Gasteiger partial charge in [0.2, 0.25) is 0 Å². The Morgan fingerprint density at radius 1 is 1.50 bits per heavy atom. The highest BCUT2D eigenvalue weighted by Gasteiger charge is 2.17. The first-order valence-corrected chi connectivity index (χ1v) is 6.64. The molecule has 0 atom stereocenters. The number of amides is 1. The minimum atomic E-state index is -0.0325. The fourth-order valence-electron chi connectivity index (χ4n) is 1.66. The molecule has 1 heterocycles. The van der Waals surface area contributed by atoms with Gasteiger partial charge in [-0.2, -0.15) is 0 Å². The molecule has 0 saturated carbocycles. The molecular weight excluding hydrogens is 250 g/mol. The molecule has 0 aliphatic heterocycles. The van der Waals surface area contributed by atoms with E-state index in [1.54, 1.807) is 13.1 Å². The van der Waals surface area contributed by atoms with Crippen LogP contribution in [-0.4, -0.2) is 35.9 Å². The number of rotatable bonds is 6. The summed E-state index contributed by atoms with van der Waals surface area (Å²) in [7, 11) is 1.76. The topological polar surface area (TPSA) is 45.2 Å². The second-order valence-corrected chi connectivity index (χ2v) is 4.44. The molecule has 0 aliphatic rings. The average Bonchev–Trinajstić information content (AvgIpc) is 2.40. The summed E-state index contributed by atoms with van der Waals surface area (Å²) in [6, 6.07) is 1.69. The van der Waals surface area contributed by atoms with Gasteiger partial charge in [0.05, 0.1) is 10.6 Å². The molecule has 5 heteroatoms. The number of nitrogens with zero attached hydrogens (tertiary/aromatic N) is 2. The van der Waals surface area contributed by atoms with Crippen molar-refractivity contribution >= 4 is 23.3 Å². The van der Waals surface area contributed by atoms with E-state index in [0.29, 0.717) is 22.9 Å². The molecule has 1 N–H and O–H groups in total. The van der Waals surface area contributed by atoms with Crippen LogP contribution >= 0.6 is 11.6 Å². The quantitative estimate of drug-likeness (QED) is 0.863. The molecule has 100 valence electrons. The first kappa shape index (κ1) is 14.8. The van der Waals surface area contributed by atoms with E-state index >= 15 is 0 Å². The van der Waals surface area contributed by atoms with Crippen LogP contribution in [0.15, 0.2) is 12.3 Å². The van der Waals surface area contributed by atoms with Gasteiger partial charge in [-0.05, 0) is 19.4 Å². The van der Waals surface area contributed by atoms with Crippen LogP contribution in [0, 0.1) is 0 Å².